The Bertz CT molecular complexity index is 8510. The number of amides is 4. The molecular weight excluding hydrogens is 1830 g/mol. The number of likely N-dealkylation sites (N-methyl/N-ethyl adjacent to an activating group) is 3. The molecule has 36 heteroatoms. The highest BCUT2D eigenvalue weighted by molar-refractivity contribution is 6.08. The van der Waals surface area contributed by atoms with E-state index in [9.17, 15) is 43.2 Å². The van der Waals surface area contributed by atoms with Gasteiger partial charge in [-0.2, -0.15) is 10.3 Å². The molecule has 3 fully saturated rings. The number of nitrogens with zero attached hydrogens (tertiary/aromatic N) is 16. The summed E-state index contributed by atoms with van der Waals surface area (Å²) in [5, 5.41) is 39.9. The molecule has 4 aliphatic heterocycles. The van der Waals surface area contributed by atoms with E-state index in [-0.39, 0.29) is 58.0 Å². The van der Waals surface area contributed by atoms with Gasteiger partial charge in [0.2, 0.25) is 11.8 Å². The van der Waals surface area contributed by atoms with Crippen molar-refractivity contribution in [3.8, 4) is 11.3 Å². The third-order valence-electron chi connectivity index (χ3n) is 26.1. The molecule has 0 saturated carbocycles. The van der Waals surface area contributed by atoms with Crippen molar-refractivity contribution in [2.45, 2.75) is 32.2 Å². The standard InChI is InChI=1S/C22H24N4O3.C19H21N5O2.C18H17N3O.C17H12N6O.C17H18N4O.C16H16N4O2/c27-21(23-9-4-10-26-11-13-29-14-12-26)17-6-3-5-16(15-17)20-18-7-1-2-8-19(18)22(28)25-24-20;1-23-8-10-24(11-9-23)12-17(25)21-16-7-6-15-18(22-16)13-4-2-3-5-14(13)19(26)20-15;22-18-14-7-4-8-15-17(14)21(12-11-19-18)16(20-15)10-9-13-5-2-1-3-6-13;24-17-11-6-2-4-8-14(11)23-13-7-3-1-5-10(13)12(16(23)18-17)9-15-19-21-22-20-15;1-20-8-10-21(11-9-20)15-7-6-14-16(19-15)12-4-2-3-5-13(12)17(22)18-14;1-20(2)9-14(21)18-13-8-7-12-15(19-13)10-5-3-4-6-11(10)16(22)17-12/h1-3,5-8,15H,4,9-14H2,(H,23,27)(H,25,28);2-7H,8-12H2,1H3,(H,20,26)(H,21,22,25);1-8H,9-12H2,(H,19,22);1-8H,9H2,(H,18,24)(H,19,20,21,22);2-7H,8-11H2,1H3,(H,18,22);3-8H,9H2,1-2H3,(H,17,22)(H,18,19,21). The SMILES string of the molecule is CN(C)CC(=O)Nc1ccc2[nH]c(=O)c3ccccc3c2n1.CN1CCN(CC(=O)Nc2ccc3[nH]c(=O)c4ccccc4c3n2)CC1.CN1CCN(c2ccc3[nH]c(=O)c4ccccc4c3n2)CC1.O=C(NCCCN1CCOCC1)c1cccc(-c2n[nH]c(=O)c3ccccc23)c1.O=C1NCCn2c(CCc3ccccc3)nc3cccc1c32.O=c1[nH]c2c(Cc3nn[nH]n3)c3ccccc3n2c2ccccc12. The Morgan fingerprint density at radius 3 is 1.62 bits per heavy atom. The first-order valence-corrected chi connectivity index (χ1v) is 48.3. The number of carbonyl (C=O) groups excluding carboxylic acids is 4. The molecule has 0 unspecified atom stereocenters. The van der Waals surface area contributed by atoms with Gasteiger partial charge in [-0.3, -0.25) is 57.4 Å². The molecule has 734 valence electrons. The molecule has 9 aromatic carbocycles. The lowest BCUT2D eigenvalue weighted by Crippen LogP contribution is -2.47. The maximum atomic E-state index is 12.6. The number of benzene rings is 9. The number of tetrazole rings is 1. The molecule has 20 aromatic rings. The largest absolute Gasteiger partial charge is 0.379 e. The molecule has 4 aliphatic rings. The number of ether oxygens (including phenoxy) is 1. The van der Waals surface area contributed by atoms with E-state index in [4.69, 9.17) is 14.7 Å². The molecule has 0 spiro atoms. The number of hydrogen-bond donors (Lipinski definition) is 10. The monoisotopic (exact) mass is 1940 g/mol. The van der Waals surface area contributed by atoms with Crippen LogP contribution >= 0.6 is 0 Å². The van der Waals surface area contributed by atoms with Crippen LogP contribution in [0, 0.1) is 0 Å². The van der Waals surface area contributed by atoms with Crippen molar-refractivity contribution < 1.29 is 23.9 Å². The second-order valence-corrected chi connectivity index (χ2v) is 36.3. The van der Waals surface area contributed by atoms with Crippen LogP contribution in [0.4, 0.5) is 17.5 Å². The Morgan fingerprint density at radius 1 is 0.469 bits per heavy atom. The number of aromatic amines is 6. The van der Waals surface area contributed by atoms with E-state index in [1.807, 2.05) is 196 Å². The normalized spacial score (nSPS) is 14.1. The van der Waals surface area contributed by atoms with Gasteiger partial charge >= 0.3 is 0 Å². The number of anilines is 3. The fraction of sp³-hybridized carbons (Fsp3) is 0.239. The van der Waals surface area contributed by atoms with E-state index in [1.165, 1.54) is 5.56 Å². The summed E-state index contributed by atoms with van der Waals surface area (Å²) >= 11 is 0. The summed E-state index contributed by atoms with van der Waals surface area (Å²) in [4.78, 5) is 153. The molecule has 36 nitrogen and oxygen atoms in total. The average Bonchev–Trinajstić information content (AvgIpc) is 1.57. The Morgan fingerprint density at radius 2 is 1.01 bits per heavy atom. The third-order valence-corrected chi connectivity index (χ3v) is 26.1. The van der Waals surface area contributed by atoms with Crippen molar-refractivity contribution in [2.75, 3.05) is 155 Å². The van der Waals surface area contributed by atoms with Crippen LogP contribution in [0.2, 0.25) is 0 Å². The smallest absolute Gasteiger partial charge is 0.272 e. The second-order valence-electron chi connectivity index (χ2n) is 36.3. The molecule has 11 aromatic heterocycles. The van der Waals surface area contributed by atoms with E-state index >= 15 is 0 Å². The number of H-pyrrole nitrogens is 6. The van der Waals surface area contributed by atoms with Gasteiger partial charge in [-0.25, -0.2) is 25.0 Å². The maximum absolute atomic E-state index is 12.6. The second kappa shape index (κ2) is 44.4. The zero-order valence-corrected chi connectivity index (χ0v) is 80.5. The zero-order chi connectivity index (χ0) is 100.0. The van der Waals surface area contributed by atoms with Gasteiger partial charge in [0.15, 0.2) is 5.82 Å². The predicted octanol–water partition coefficient (Wildman–Crippen LogP) is 11.3. The number of hydrogen-bond acceptors (Lipinski definition) is 24. The summed E-state index contributed by atoms with van der Waals surface area (Å²) in [5.74, 6) is 3.27. The number of pyridine rings is 6. The lowest BCUT2D eigenvalue weighted by Gasteiger charge is -2.33. The van der Waals surface area contributed by atoms with Crippen LogP contribution in [0.1, 0.15) is 49.9 Å². The van der Waals surface area contributed by atoms with Crippen LogP contribution < -0.4 is 54.0 Å². The van der Waals surface area contributed by atoms with Gasteiger partial charge in [-0.1, -0.05) is 157 Å². The average molecular weight is 1940 g/mol. The summed E-state index contributed by atoms with van der Waals surface area (Å²) in [5.41, 5.74) is 13.3. The molecule has 0 atom stereocenters. The van der Waals surface area contributed by atoms with Gasteiger partial charge in [-0.15, -0.1) is 10.2 Å². The molecule has 10 N–H and O–H groups in total. The lowest BCUT2D eigenvalue weighted by atomic mass is 10.0. The minimum absolute atomic E-state index is 0.00106. The Kier molecular flexibility index (Phi) is 29.7. The Hall–Kier alpha value is -17.0. The van der Waals surface area contributed by atoms with Crippen LogP contribution in [0.5, 0.6) is 0 Å². The van der Waals surface area contributed by atoms with Crippen molar-refractivity contribution in [1.82, 2.24) is 115 Å². The Balaban J connectivity index is 0.000000110. The molecule has 15 heterocycles. The fourth-order valence-electron chi connectivity index (χ4n) is 18.7. The van der Waals surface area contributed by atoms with Gasteiger partial charge in [0.25, 0.3) is 39.6 Å². The predicted molar refractivity (Wildman–Crippen MR) is 567 cm³/mol. The zero-order valence-electron chi connectivity index (χ0n) is 80.5. The van der Waals surface area contributed by atoms with Crippen LogP contribution in [0.15, 0.2) is 279 Å². The van der Waals surface area contributed by atoms with E-state index in [0.717, 1.165) is 205 Å². The fourth-order valence-corrected chi connectivity index (χ4v) is 18.7. The highest BCUT2D eigenvalue weighted by Gasteiger charge is 2.26. The summed E-state index contributed by atoms with van der Waals surface area (Å²) in [6, 6.07) is 79.7. The van der Waals surface area contributed by atoms with Crippen LogP contribution in [0.25, 0.3) is 126 Å². The van der Waals surface area contributed by atoms with Gasteiger partial charge in [0.1, 0.15) is 28.9 Å². The molecule has 0 bridgehead atoms. The summed E-state index contributed by atoms with van der Waals surface area (Å²) in [6.45, 7) is 14.9. The number of piperazine rings is 2. The van der Waals surface area contributed by atoms with E-state index in [1.54, 1.807) is 53.4 Å². The number of fused-ring (bicyclic) bond motifs is 15. The number of carbonyl (C=O) groups is 4. The van der Waals surface area contributed by atoms with E-state index < -0.39 is 0 Å². The Labute approximate surface area is 828 Å². The third kappa shape index (κ3) is 22.3. The molecule has 145 heavy (non-hydrogen) atoms. The number of nitrogens with one attached hydrogen (secondary N) is 10. The van der Waals surface area contributed by atoms with Gasteiger partial charge in [0.05, 0.1) is 104 Å². The lowest BCUT2D eigenvalue weighted by molar-refractivity contribution is -0.118. The first-order chi connectivity index (χ1) is 70.7. The van der Waals surface area contributed by atoms with Gasteiger partial charge < -0.3 is 70.1 Å². The van der Waals surface area contributed by atoms with Crippen molar-refractivity contribution in [3.63, 3.8) is 0 Å². The van der Waals surface area contributed by atoms with Crippen molar-refractivity contribution in [1.29, 1.82) is 0 Å². The van der Waals surface area contributed by atoms with Gasteiger partial charge in [0, 0.05) is 158 Å². The maximum Gasteiger partial charge on any atom is 0.272 e. The number of aryl methyl sites for hydroxylation is 2. The van der Waals surface area contributed by atoms with Crippen LogP contribution in [-0.4, -0.2) is 267 Å². The quantitative estimate of drug-likeness (QED) is 0.0282. The number of aromatic nitrogens is 16. The summed E-state index contributed by atoms with van der Waals surface area (Å²) < 4.78 is 9.63. The first-order valence-electron chi connectivity index (χ1n) is 48.3. The molecule has 24 rings (SSSR count). The van der Waals surface area contributed by atoms with Crippen LogP contribution in [0.3, 0.4) is 0 Å². The van der Waals surface area contributed by atoms with Crippen molar-refractivity contribution in [3.05, 3.63) is 340 Å². The van der Waals surface area contributed by atoms with Gasteiger partial charge in [-0.05, 0) is 156 Å². The van der Waals surface area contributed by atoms with E-state index in [2.05, 4.69) is 154 Å². The number of morpholine rings is 1. The molecule has 0 radical (unpaired) electrons. The van der Waals surface area contributed by atoms with E-state index in [0.29, 0.717) is 104 Å². The number of rotatable bonds is 18. The summed E-state index contributed by atoms with van der Waals surface area (Å²) in [6.07, 6.45) is 3.23. The summed E-state index contributed by atoms with van der Waals surface area (Å²) in [7, 11) is 7.88. The number of imidazole rings is 1. The number of para-hydroxylation sites is 3. The van der Waals surface area contributed by atoms with Crippen molar-refractivity contribution in [2.24, 2.45) is 0 Å². The van der Waals surface area contributed by atoms with Crippen LogP contribution in [-0.2, 0) is 40.1 Å². The molecule has 3 saturated heterocycles. The first kappa shape index (κ1) is 96.8. The topological polar surface area (TPSA) is 438 Å². The highest BCUT2D eigenvalue weighted by Crippen LogP contribution is 2.33. The molecule has 4 amide bonds. The highest BCUT2D eigenvalue weighted by atomic mass is 16.5. The molecule has 0 aliphatic carbocycles. The minimum atomic E-state index is -0.224. The molecular formula is C109H108N26O10. The minimum Gasteiger partial charge on any atom is -0.379 e. The van der Waals surface area contributed by atoms with Crippen molar-refractivity contribution >= 4 is 156 Å².